The Labute approximate surface area is 116 Å². The highest BCUT2D eigenvalue weighted by atomic mass is 32.1. The van der Waals surface area contributed by atoms with Crippen molar-refractivity contribution < 1.29 is 17.9 Å². The molecule has 0 saturated heterocycles. The minimum Gasteiger partial charge on any atom is -0.477 e. The molecule has 20 heavy (non-hydrogen) atoms. The summed E-state index contributed by atoms with van der Waals surface area (Å²) >= 11 is 1.47. The summed E-state index contributed by atoms with van der Waals surface area (Å²) in [4.78, 5) is 11.5. The van der Waals surface area contributed by atoms with Crippen LogP contribution in [0.2, 0.25) is 0 Å². The second-order valence-corrected chi connectivity index (χ2v) is 4.85. The first kappa shape index (κ1) is 14.5. The Bertz CT molecular complexity index is 600. The first-order valence-corrected chi connectivity index (χ1v) is 6.48. The van der Waals surface area contributed by atoms with Gasteiger partial charge in [-0.2, -0.15) is 18.2 Å². The Morgan fingerprint density at radius 2 is 2.10 bits per heavy atom. The van der Waals surface area contributed by atoms with Crippen molar-refractivity contribution in [1.82, 2.24) is 15.0 Å². The number of thiazole rings is 1. The van der Waals surface area contributed by atoms with E-state index < -0.39 is 12.0 Å². The first-order chi connectivity index (χ1) is 9.36. The minimum absolute atomic E-state index is 0.188. The summed E-state index contributed by atoms with van der Waals surface area (Å²) in [7, 11) is 0. The van der Waals surface area contributed by atoms with Gasteiger partial charge < -0.3 is 10.5 Å². The van der Waals surface area contributed by atoms with Gasteiger partial charge >= 0.3 is 6.18 Å². The molecule has 0 unspecified atom stereocenters. The van der Waals surface area contributed by atoms with E-state index in [4.69, 9.17) is 10.5 Å². The summed E-state index contributed by atoms with van der Waals surface area (Å²) in [5.74, 6) is -1.77. The predicted molar refractivity (Wildman–Crippen MR) is 67.5 cm³/mol. The lowest BCUT2D eigenvalue weighted by atomic mass is 10.3. The SMILES string of the molecule is Cc1ncsc1CCOc1cc(N)nc(C(F)(F)F)n1. The van der Waals surface area contributed by atoms with Crippen molar-refractivity contribution in [2.75, 3.05) is 12.3 Å². The zero-order chi connectivity index (χ0) is 14.8. The van der Waals surface area contributed by atoms with Crippen LogP contribution >= 0.6 is 11.3 Å². The molecule has 0 saturated carbocycles. The standard InChI is InChI=1S/C11H11F3N4OS/c1-6-7(20-5-16-6)2-3-19-9-4-8(15)17-10(18-9)11(12,13)14/h4-5H,2-3H2,1H3,(H2,15,17,18). The molecule has 2 aromatic heterocycles. The molecular formula is C11H11F3N4OS. The zero-order valence-corrected chi connectivity index (χ0v) is 11.3. The number of hydrogen-bond acceptors (Lipinski definition) is 6. The van der Waals surface area contributed by atoms with E-state index in [0.717, 1.165) is 16.6 Å². The van der Waals surface area contributed by atoms with Crippen LogP contribution in [-0.2, 0) is 12.6 Å². The number of hydrogen-bond donors (Lipinski definition) is 1. The van der Waals surface area contributed by atoms with E-state index in [0.29, 0.717) is 6.42 Å². The van der Waals surface area contributed by atoms with Gasteiger partial charge in [0, 0.05) is 17.4 Å². The van der Waals surface area contributed by atoms with Gasteiger partial charge in [-0.1, -0.05) is 0 Å². The number of anilines is 1. The highest BCUT2D eigenvalue weighted by molar-refractivity contribution is 7.09. The lowest BCUT2D eigenvalue weighted by Crippen LogP contribution is -2.14. The van der Waals surface area contributed by atoms with Crippen molar-refractivity contribution >= 4 is 17.2 Å². The third-order valence-corrected chi connectivity index (χ3v) is 3.39. The van der Waals surface area contributed by atoms with Crippen LogP contribution in [0.25, 0.3) is 0 Å². The Balaban J connectivity index is 2.03. The highest BCUT2D eigenvalue weighted by Gasteiger charge is 2.35. The largest absolute Gasteiger partial charge is 0.477 e. The van der Waals surface area contributed by atoms with E-state index in [2.05, 4.69) is 15.0 Å². The van der Waals surface area contributed by atoms with Gasteiger partial charge in [0.05, 0.1) is 17.8 Å². The van der Waals surface area contributed by atoms with Crippen molar-refractivity contribution in [3.63, 3.8) is 0 Å². The van der Waals surface area contributed by atoms with Crippen molar-refractivity contribution in [3.8, 4) is 5.88 Å². The normalized spacial score (nSPS) is 11.6. The summed E-state index contributed by atoms with van der Waals surface area (Å²) in [5, 5.41) is 0. The minimum atomic E-state index is -4.65. The molecule has 0 aromatic carbocycles. The first-order valence-electron chi connectivity index (χ1n) is 5.60. The fourth-order valence-corrected chi connectivity index (χ4v) is 2.22. The molecule has 0 aliphatic heterocycles. The second-order valence-electron chi connectivity index (χ2n) is 3.91. The van der Waals surface area contributed by atoms with Crippen LogP contribution in [0.15, 0.2) is 11.6 Å². The number of nitrogen functional groups attached to an aromatic ring is 1. The maximum Gasteiger partial charge on any atom is 0.451 e. The number of ether oxygens (including phenoxy) is 1. The predicted octanol–water partition coefficient (Wildman–Crippen LogP) is 2.46. The summed E-state index contributed by atoms with van der Waals surface area (Å²) in [5.41, 5.74) is 7.90. The summed E-state index contributed by atoms with van der Waals surface area (Å²) in [6.07, 6.45) is -4.11. The van der Waals surface area contributed by atoms with Crippen LogP contribution in [0, 0.1) is 6.92 Å². The maximum atomic E-state index is 12.5. The molecule has 0 atom stereocenters. The molecule has 2 heterocycles. The third kappa shape index (κ3) is 3.56. The molecule has 0 bridgehead atoms. The van der Waals surface area contributed by atoms with Crippen LogP contribution in [0.1, 0.15) is 16.4 Å². The third-order valence-electron chi connectivity index (χ3n) is 2.40. The molecule has 0 aliphatic rings. The maximum absolute atomic E-state index is 12.5. The van der Waals surface area contributed by atoms with Crippen molar-refractivity contribution in [1.29, 1.82) is 0 Å². The van der Waals surface area contributed by atoms with E-state index in [9.17, 15) is 13.2 Å². The van der Waals surface area contributed by atoms with E-state index in [1.54, 1.807) is 5.51 Å². The Kier molecular flexibility index (Phi) is 4.07. The fourth-order valence-electron chi connectivity index (χ4n) is 1.46. The van der Waals surface area contributed by atoms with Gasteiger partial charge in [-0.05, 0) is 6.92 Å². The number of alkyl halides is 3. The number of aromatic nitrogens is 3. The average Bonchev–Trinajstić information content (AvgIpc) is 2.73. The van der Waals surface area contributed by atoms with Gasteiger partial charge in [-0.3, -0.25) is 0 Å². The Hall–Kier alpha value is -1.90. The summed E-state index contributed by atoms with van der Waals surface area (Å²) in [6, 6.07) is 1.16. The average molecular weight is 304 g/mol. The molecule has 0 amide bonds. The van der Waals surface area contributed by atoms with Crippen molar-refractivity contribution in [3.05, 3.63) is 28.0 Å². The number of nitrogens with two attached hydrogens (primary N) is 1. The number of halogens is 3. The monoisotopic (exact) mass is 304 g/mol. The summed E-state index contributed by atoms with van der Waals surface area (Å²) in [6.45, 7) is 2.05. The Morgan fingerprint density at radius 3 is 2.70 bits per heavy atom. The molecule has 9 heteroatoms. The van der Waals surface area contributed by atoms with Crippen LogP contribution in [0.4, 0.5) is 19.0 Å². The van der Waals surface area contributed by atoms with Gasteiger partial charge in [0.2, 0.25) is 11.7 Å². The van der Waals surface area contributed by atoms with Crippen LogP contribution in [0.3, 0.4) is 0 Å². The number of nitrogens with zero attached hydrogens (tertiary/aromatic N) is 3. The molecule has 0 aliphatic carbocycles. The van der Waals surface area contributed by atoms with Gasteiger partial charge in [0.1, 0.15) is 5.82 Å². The lowest BCUT2D eigenvalue weighted by Gasteiger charge is -2.09. The molecule has 0 radical (unpaired) electrons. The molecular weight excluding hydrogens is 293 g/mol. The number of aryl methyl sites for hydroxylation is 1. The molecule has 2 N–H and O–H groups in total. The lowest BCUT2D eigenvalue weighted by molar-refractivity contribution is -0.145. The molecule has 0 spiro atoms. The van der Waals surface area contributed by atoms with Gasteiger partial charge in [-0.25, -0.2) is 9.97 Å². The molecule has 2 rings (SSSR count). The van der Waals surface area contributed by atoms with E-state index in [1.165, 1.54) is 11.3 Å². The van der Waals surface area contributed by atoms with Crippen molar-refractivity contribution in [2.45, 2.75) is 19.5 Å². The smallest absolute Gasteiger partial charge is 0.451 e. The van der Waals surface area contributed by atoms with Crippen LogP contribution in [-0.4, -0.2) is 21.6 Å². The quantitative estimate of drug-likeness (QED) is 0.939. The topological polar surface area (TPSA) is 73.9 Å². The fraction of sp³-hybridized carbons (Fsp3) is 0.364. The second kappa shape index (κ2) is 5.61. The zero-order valence-electron chi connectivity index (χ0n) is 10.4. The summed E-state index contributed by atoms with van der Waals surface area (Å²) < 4.78 is 42.7. The number of rotatable bonds is 4. The van der Waals surface area contributed by atoms with Crippen LogP contribution < -0.4 is 10.5 Å². The van der Waals surface area contributed by atoms with Gasteiger partial charge in [-0.15, -0.1) is 11.3 Å². The van der Waals surface area contributed by atoms with E-state index in [-0.39, 0.29) is 18.3 Å². The van der Waals surface area contributed by atoms with E-state index in [1.807, 2.05) is 6.92 Å². The van der Waals surface area contributed by atoms with Crippen molar-refractivity contribution in [2.24, 2.45) is 0 Å². The highest BCUT2D eigenvalue weighted by Crippen LogP contribution is 2.28. The van der Waals surface area contributed by atoms with Crippen LogP contribution in [0.5, 0.6) is 5.88 Å². The van der Waals surface area contributed by atoms with Gasteiger partial charge in [0.25, 0.3) is 0 Å². The van der Waals surface area contributed by atoms with E-state index >= 15 is 0 Å². The molecule has 108 valence electrons. The van der Waals surface area contributed by atoms with Gasteiger partial charge in [0.15, 0.2) is 0 Å². The Morgan fingerprint density at radius 1 is 1.35 bits per heavy atom. The molecule has 5 nitrogen and oxygen atoms in total. The molecule has 0 fully saturated rings. The molecule has 2 aromatic rings.